The summed E-state index contributed by atoms with van der Waals surface area (Å²) in [6.45, 7) is 6.06. The number of para-hydroxylation sites is 1. The molecule has 2 rings (SSSR count). The molecule has 0 radical (unpaired) electrons. The van der Waals surface area contributed by atoms with Gasteiger partial charge in [0.15, 0.2) is 6.61 Å². The normalized spacial score (nSPS) is 11.3. The summed E-state index contributed by atoms with van der Waals surface area (Å²) in [5.74, 6) is 0.265. The molecule has 0 saturated carbocycles. The highest BCUT2D eigenvalue weighted by Crippen LogP contribution is 2.30. The van der Waals surface area contributed by atoms with Crippen LogP contribution in [0.3, 0.4) is 0 Å². The van der Waals surface area contributed by atoms with E-state index in [-0.39, 0.29) is 17.7 Å². The van der Waals surface area contributed by atoms with Crippen molar-refractivity contribution < 1.29 is 14.5 Å². The Hall–Kier alpha value is -3.22. The van der Waals surface area contributed by atoms with E-state index in [2.05, 4.69) is 31.3 Å². The first kappa shape index (κ1) is 19.1. The second kappa shape index (κ2) is 8.24. The maximum Gasteiger partial charge on any atom is 0.277 e. The topological polar surface area (TPSA) is 93.8 Å². The Kier molecular flexibility index (Phi) is 6.06. The molecule has 0 spiro atoms. The summed E-state index contributed by atoms with van der Waals surface area (Å²) in [7, 11) is 0. The summed E-state index contributed by atoms with van der Waals surface area (Å²) in [5.41, 5.74) is 3.92. The molecule has 2 aromatic rings. The minimum atomic E-state index is -0.477. The van der Waals surface area contributed by atoms with Crippen molar-refractivity contribution in [3.63, 3.8) is 0 Å². The Balaban J connectivity index is 1.89. The molecule has 0 unspecified atom stereocenters. The van der Waals surface area contributed by atoms with Crippen molar-refractivity contribution >= 4 is 17.8 Å². The number of rotatable bonds is 6. The molecule has 0 aliphatic heterocycles. The Morgan fingerprint density at radius 3 is 2.46 bits per heavy atom. The highest BCUT2D eigenvalue weighted by Gasteiger charge is 2.18. The fourth-order valence-corrected chi connectivity index (χ4v) is 2.25. The van der Waals surface area contributed by atoms with E-state index in [1.54, 1.807) is 12.1 Å². The number of hydrogen-bond acceptors (Lipinski definition) is 5. The molecule has 0 saturated heterocycles. The number of nitrogens with one attached hydrogen (secondary N) is 1. The van der Waals surface area contributed by atoms with Crippen LogP contribution >= 0.6 is 0 Å². The summed E-state index contributed by atoms with van der Waals surface area (Å²) in [4.78, 5) is 22.0. The average Bonchev–Trinajstić information content (AvgIpc) is 2.60. The monoisotopic (exact) mass is 355 g/mol. The maximum absolute atomic E-state index is 11.9. The van der Waals surface area contributed by atoms with Crippen LogP contribution in [0.15, 0.2) is 53.6 Å². The van der Waals surface area contributed by atoms with Crippen molar-refractivity contribution in [2.75, 3.05) is 6.61 Å². The van der Waals surface area contributed by atoms with Gasteiger partial charge in [0, 0.05) is 12.1 Å². The highest BCUT2D eigenvalue weighted by molar-refractivity contribution is 5.83. The van der Waals surface area contributed by atoms with Crippen LogP contribution in [0.5, 0.6) is 5.75 Å². The van der Waals surface area contributed by atoms with E-state index in [0.29, 0.717) is 11.3 Å². The molecular formula is C19H21N3O4. The number of carbonyl (C=O) groups is 1. The highest BCUT2D eigenvalue weighted by atomic mass is 16.6. The number of nitrogens with zero attached hydrogens (tertiary/aromatic N) is 2. The molecule has 0 aliphatic rings. The van der Waals surface area contributed by atoms with Gasteiger partial charge in [-0.25, -0.2) is 5.43 Å². The molecule has 2 aromatic carbocycles. The van der Waals surface area contributed by atoms with Gasteiger partial charge in [-0.15, -0.1) is 0 Å². The summed E-state index contributed by atoms with van der Waals surface area (Å²) in [6.07, 6.45) is 1.41. The number of ether oxygens (including phenoxy) is 1. The van der Waals surface area contributed by atoms with Crippen LogP contribution in [-0.4, -0.2) is 23.7 Å². The van der Waals surface area contributed by atoms with Gasteiger partial charge in [-0.2, -0.15) is 5.10 Å². The third kappa shape index (κ3) is 5.41. The fraction of sp³-hybridized carbons (Fsp3) is 0.263. The lowest BCUT2D eigenvalue weighted by Gasteiger charge is -2.22. The molecule has 7 heteroatoms. The van der Waals surface area contributed by atoms with E-state index in [0.717, 1.165) is 5.56 Å². The Morgan fingerprint density at radius 2 is 1.85 bits per heavy atom. The third-order valence-corrected chi connectivity index (χ3v) is 3.56. The number of benzene rings is 2. The molecule has 7 nitrogen and oxygen atoms in total. The van der Waals surface area contributed by atoms with E-state index >= 15 is 0 Å². The van der Waals surface area contributed by atoms with Crippen LogP contribution in [0.1, 0.15) is 31.9 Å². The molecule has 1 N–H and O–H groups in total. The van der Waals surface area contributed by atoms with Gasteiger partial charge in [0.25, 0.3) is 11.6 Å². The van der Waals surface area contributed by atoms with E-state index in [9.17, 15) is 14.9 Å². The Labute approximate surface area is 151 Å². The summed E-state index contributed by atoms with van der Waals surface area (Å²) in [5, 5.41) is 14.4. The first-order valence-corrected chi connectivity index (χ1v) is 8.06. The zero-order valence-corrected chi connectivity index (χ0v) is 14.9. The minimum Gasteiger partial charge on any atom is -0.483 e. The van der Waals surface area contributed by atoms with Gasteiger partial charge in [0.1, 0.15) is 5.75 Å². The van der Waals surface area contributed by atoms with Crippen LogP contribution < -0.4 is 10.2 Å². The van der Waals surface area contributed by atoms with Crippen molar-refractivity contribution in [3.05, 3.63) is 69.8 Å². The molecule has 0 heterocycles. The van der Waals surface area contributed by atoms with Gasteiger partial charge in [-0.1, -0.05) is 39.0 Å². The van der Waals surface area contributed by atoms with Gasteiger partial charge in [-0.3, -0.25) is 14.9 Å². The van der Waals surface area contributed by atoms with Gasteiger partial charge < -0.3 is 4.74 Å². The van der Waals surface area contributed by atoms with E-state index < -0.39 is 10.8 Å². The van der Waals surface area contributed by atoms with Crippen LogP contribution in [0.4, 0.5) is 5.69 Å². The third-order valence-electron chi connectivity index (χ3n) is 3.56. The van der Waals surface area contributed by atoms with Gasteiger partial charge in [0.2, 0.25) is 0 Å². The number of nitro groups is 1. The maximum atomic E-state index is 11.9. The molecule has 0 fully saturated rings. The molecule has 136 valence electrons. The first-order valence-electron chi connectivity index (χ1n) is 8.06. The lowest BCUT2D eigenvalue weighted by atomic mass is 9.86. The van der Waals surface area contributed by atoms with Crippen molar-refractivity contribution in [1.29, 1.82) is 0 Å². The molecule has 26 heavy (non-hydrogen) atoms. The average molecular weight is 355 g/mol. The molecule has 1 amide bonds. The van der Waals surface area contributed by atoms with Crippen LogP contribution in [0.25, 0.3) is 0 Å². The first-order chi connectivity index (χ1) is 12.3. The van der Waals surface area contributed by atoms with Crippen molar-refractivity contribution in [2.45, 2.75) is 26.2 Å². The number of amides is 1. The zero-order chi connectivity index (χ0) is 19.2. The largest absolute Gasteiger partial charge is 0.483 e. The van der Waals surface area contributed by atoms with E-state index in [4.69, 9.17) is 4.74 Å². The lowest BCUT2D eigenvalue weighted by Crippen LogP contribution is -2.25. The van der Waals surface area contributed by atoms with Crippen LogP contribution in [0.2, 0.25) is 0 Å². The predicted molar refractivity (Wildman–Crippen MR) is 99.5 cm³/mol. The van der Waals surface area contributed by atoms with Crippen LogP contribution in [-0.2, 0) is 10.2 Å². The second-order valence-electron chi connectivity index (χ2n) is 6.68. The van der Waals surface area contributed by atoms with Crippen molar-refractivity contribution in [3.8, 4) is 5.75 Å². The number of non-ortho nitro benzene ring substituents is 1. The molecule has 0 atom stereocenters. The SMILES string of the molecule is CC(C)(C)c1ccccc1OCC(=O)N/N=C/c1ccc([N+](=O)[O-])cc1. The quantitative estimate of drug-likeness (QED) is 0.488. The van der Waals surface area contributed by atoms with Crippen LogP contribution in [0, 0.1) is 10.1 Å². The van der Waals surface area contributed by atoms with E-state index in [1.165, 1.54) is 18.3 Å². The molecule has 0 bridgehead atoms. The second-order valence-corrected chi connectivity index (χ2v) is 6.68. The summed E-state index contributed by atoms with van der Waals surface area (Å²) < 4.78 is 5.61. The summed E-state index contributed by atoms with van der Waals surface area (Å²) in [6, 6.07) is 13.4. The Morgan fingerprint density at radius 1 is 1.19 bits per heavy atom. The summed E-state index contributed by atoms with van der Waals surface area (Å²) >= 11 is 0. The van der Waals surface area contributed by atoms with Gasteiger partial charge in [0.05, 0.1) is 11.1 Å². The van der Waals surface area contributed by atoms with Crippen molar-refractivity contribution in [2.24, 2.45) is 5.10 Å². The molecule has 0 aliphatic carbocycles. The standard InChI is InChI=1S/C19H21N3O4/c1-19(2,3)16-6-4-5-7-17(16)26-13-18(23)21-20-12-14-8-10-15(11-9-14)22(24)25/h4-12H,13H2,1-3H3,(H,21,23)/b20-12+. The molecular weight excluding hydrogens is 334 g/mol. The number of hydrogen-bond donors (Lipinski definition) is 1. The minimum absolute atomic E-state index is 0.00269. The smallest absolute Gasteiger partial charge is 0.277 e. The number of hydrazone groups is 1. The lowest BCUT2D eigenvalue weighted by molar-refractivity contribution is -0.384. The number of nitro benzene ring substituents is 1. The molecule has 0 aromatic heterocycles. The fourth-order valence-electron chi connectivity index (χ4n) is 2.25. The van der Waals surface area contributed by atoms with Crippen molar-refractivity contribution in [1.82, 2.24) is 5.43 Å². The Bertz CT molecular complexity index is 808. The van der Waals surface area contributed by atoms with Gasteiger partial charge >= 0.3 is 0 Å². The number of carbonyl (C=O) groups excluding carboxylic acids is 1. The van der Waals surface area contributed by atoms with E-state index in [1.807, 2.05) is 24.3 Å². The van der Waals surface area contributed by atoms with Gasteiger partial charge in [-0.05, 0) is 34.7 Å². The predicted octanol–water partition coefficient (Wildman–Crippen LogP) is 3.42. The zero-order valence-electron chi connectivity index (χ0n) is 14.9.